The van der Waals surface area contributed by atoms with Crippen LogP contribution >= 0.6 is 0 Å². The highest BCUT2D eigenvalue weighted by atomic mass is 19.4. The molecule has 2 aliphatic rings. The lowest BCUT2D eigenvalue weighted by Crippen LogP contribution is -2.67. The summed E-state index contributed by atoms with van der Waals surface area (Å²) in [5, 5.41) is 9.69. The van der Waals surface area contributed by atoms with Gasteiger partial charge in [0.2, 0.25) is 0 Å². The van der Waals surface area contributed by atoms with E-state index >= 15 is 0 Å². The molecule has 2 saturated carbocycles. The summed E-state index contributed by atoms with van der Waals surface area (Å²) in [6, 6.07) is 0. The van der Waals surface area contributed by atoms with Crippen LogP contribution in [-0.4, -0.2) is 35.1 Å². The number of alkyl halides is 6. The summed E-state index contributed by atoms with van der Waals surface area (Å²) in [6.07, 6.45) is -13.8. The van der Waals surface area contributed by atoms with E-state index in [1.165, 1.54) is 0 Å². The lowest BCUT2D eigenvalue weighted by Gasteiger charge is -2.43. The average molecular weight is 404 g/mol. The van der Waals surface area contributed by atoms with Crippen molar-refractivity contribution in [3.8, 4) is 0 Å². The third-order valence-electron chi connectivity index (χ3n) is 6.85. The SMILES string of the molecule is CC(C)C(OC(=O)C1(C)CC2CC1C(C)C2C)C(O)(C(F)(F)F)C(F)(F)F. The molecule has 6 atom stereocenters. The Labute approximate surface area is 154 Å². The third kappa shape index (κ3) is 3.23. The average Bonchev–Trinajstić information content (AvgIpc) is 2.98. The quantitative estimate of drug-likeness (QED) is 0.544. The number of carbonyl (C=O) groups is 1. The predicted octanol–water partition coefficient (Wildman–Crippen LogP) is 4.73. The molecule has 2 aliphatic carbocycles. The Morgan fingerprint density at radius 1 is 1.07 bits per heavy atom. The summed E-state index contributed by atoms with van der Waals surface area (Å²) in [6.45, 7) is 7.60. The number of halogens is 6. The lowest BCUT2D eigenvalue weighted by atomic mass is 9.66. The van der Waals surface area contributed by atoms with E-state index in [0.29, 0.717) is 18.8 Å². The maximum atomic E-state index is 13.2. The van der Waals surface area contributed by atoms with Crippen LogP contribution in [0.4, 0.5) is 26.3 Å². The molecule has 1 N–H and O–H groups in total. The van der Waals surface area contributed by atoms with Crippen LogP contribution in [0.1, 0.15) is 47.5 Å². The fourth-order valence-electron chi connectivity index (χ4n) is 5.03. The Kier molecular flexibility index (Phi) is 5.39. The molecular weight excluding hydrogens is 378 g/mol. The maximum Gasteiger partial charge on any atom is 0.430 e. The van der Waals surface area contributed by atoms with Crippen molar-refractivity contribution in [1.82, 2.24) is 0 Å². The molecule has 0 saturated heterocycles. The molecular formula is C18H26F6O3. The van der Waals surface area contributed by atoms with Gasteiger partial charge in [-0.25, -0.2) is 0 Å². The van der Waals surface area contributed by atoms with E-state index in [9.17, 15) is 36.2 Å². The van der Waals surface area contributed by atoms with Crippen molar-refractivity contribution >= 4 is 5.97 Å². The van der Waals surface area contributed by atoms with Gasteiger partial charge in [0, 0.05) is 0 Å². The van der Waals surface area contributed by atoms with E-state index in [4.69, 9.17) is 4.74 Å². The Balaban J connectivity index is 2.35. The van der Waals surface area contributed by atoms with Crippen molar-refractivity contribution in [3.63, 3.8) is 0 Å². The second-order valence-electron chi connectivity index (χ2n) is 8.77. The second-order valence-corrected chi connectivity index (χ2v) is 8.77. The molecule has 27 heavy (non-hydrogen) atoms. The van der Waals surface area contributed by atoms with Gasteiger partial charge in [0.25, 0.3) is 5.60 Å². The number of hydrogen-bond acceptors (Lipinski definition) is 3. The zero-order chi connectivity index (χ0) is 21.2. The normalized spacial score (nSPS) is 35.6. The van der Waals surface area contributed by atoms with Gasteiger partial charge in [-0.3, -0.25) is 4.79 Å². The highest BCUT2D eigenvalue weighted by Gasteiger charge is 2.76. The summed E-state index contributed by atoms with van der Waals surface area (Å²) in [7, 11) is 0. The number of aliphatic hydroxyl groups is 1. The van der Waals surface area contributed by atoms with Crippen LogP contribution in [0.2, 0.25) is 0 Å². The number of esters is 1. The predicted molar refractivity (Wildman–Crippen MR) is 84.4 cm³/mol. The van der Waals surface area contributed by atoms with Crippen molar-refractivity contribution in [3.05, 3.63) is 0 Å². The molecule has 6 unspecified atom stereocenters. The van der Waals surface area contributed by atoms with Crippen LogP contribution in [0.5, 0.6) is 0 Å². The van der Waals surface area contributed by atoms with Crippen molar-refractivity contribution < 1.29 is 41.0 Å². The molecule has 0 spiro atoms. The zero-order valence-corrected chi connectivity index (χ0v) is 15.9. The molecule has 3 nitrogen and oxygen atoms in total. The van der Waals surface area contributed by atoms with Gasteiger partial charge in [0.1, 0.15) is 0 Å². The molecule has 2 rings (SSSR count). The van der Waals surface area contributed by atoms with Gasteiger partial charge in [0.15, 0.2) is 6.10 Å². The Hall–Kier alpha value is -0.990. The minimum Gasteiger partial charge on any atom is -0.458 e. The molecule has 2 fully saturated rings. The largest absolute Gasteiger partial charge is 0.458 e. The van der Waals surface area contributed by atoms with E-state index < -0.39 is 41.4 Å². The monoisotopic (exact) mass is 404 g/mol. The molecule has 0 radical (unpaired) electrons. The van der Waals surface area contributed by atoms with Crippen LogP contribution < -0.4 is 0 Å². The summed E-state index contributed by atoms with van der Waals surface area (Å²) in [5.74, 6) is -2.03. The number of fused-ring (bicyclic) bond motifs is 2. The van der Waals surface area contributed by atoms with E-state index in [2.05, 4.69) is 0 Å². The van der Waals surface area contributed by atoms with Crippen LogP contribution in [0, 0.1) is 35.0 Å². The van der Waals surface area contributed by atoms with E-state index in [-0.39, 0.29) is 17.8 Å². The number of ether oxygens (including phenoxy) is 1. The van der Waals surface area contributed by atoms with Gasteiger partial charge in [0.05, 0.1) is 5.41 Å². The molecule has 2 bridgehead atoms. The van der Waals surface area contributed by atoms with Gasteiger partial charge < -0.3 is 9.84 Å². The molecule has 0 aromatic carbocycles. The van der Waals surface area contributed by atoms with Crippen molar-refractivity contribution in [1.29, 1.82) is 0 Å². The third-order valence-corrected chi connectivity index (χ3v) is 6.85. The van der Waals surface area contributed by atoms with Crippen LogP contribution in [0.25, 0.3) is 0 Å². The van der Waals surface area contributed by atoms with Gasteiger partial charge in [-0.2, -0.15) is 26.3 Å². The van der Waals surface area contributed by atoms with Gasteiger partial charge in [-0.15, -0.1) is 0 Å². The fourth-order valence-corrected chi connectivity index (χ4v) is 5.03. The van der Waals surface area contributed by atoms with Crippen LogP contribution in [-0.2, 0) is 9.53 Å². The van der Waals surface area contributed by atoms with Gasteiger partial charge >= 0.3 is 18.3 Å². The minimum absolute atomic E-state index is 0.114. The fraction of sp³-hybridized carbons (Fsp3) is 0.944. The Morgan fingerprint density at radius 2 is 1.56 bits per heavy atom. The van der Waals surface area contributed by atoms with Crippen molar-refractivity contribution in [2.24, 2.45) is 35.0 Å². The summed E-state index contributed by atoms with van der Waals surface area (Å²) in [4.78, 5) is 12.8. The lowest BCUT2D eigenvalue weighted by molar-refractivity contribution is -0.395. The Morgan fingerprint density at radius 3 is 1.89 bits per heavy atom. The summed E-state index contributed by atoms with van der Waals surface area (Å²) < 4.78 is 84.2. The standard InChI is InChI=1S/C18H26F6O3/c1-8(2)13(16(26,17(19,20)21)18(22,23)24)27-14(25)15(5)7-11-6-12(15)10(4)9(11)3/h8-13,26H,6-7H2,1-5H3. The first-order valence-corrected chi connectivity index (χ1v) is 9.05. The maximum absolute atomic E-state index is 13.2. The Bertz CT molecular complexity index is 569. The summed E-state index contributed by atoms with van der Waals surface area (Å²) >= 11 is 0. The highest BCUT2D eigenvalue weighted by Crippen LogP contribution is 2.61. The topological polar surface area (TPSA) is 46.5 Å². The van der Waals surface area contributed by atoms with E-state index in [1.807, 2.05) is 13.8 Å². The van der Waals surface area contributed by atoms with E-state index in [1.54, 1.807) is 6.92 Å². The first kappa shape index (κ1) is 22.3. The van der Waals surface area contributed by atoms with E-state index in [0.717, 1.165) is 13.8 Å². The first-order chi connectivity index (χ1) is 12.0. The minimum atomic E-state index is -6.04. The molecule has 0 aromatic rings. The number of carbonyl (C=O) groups excluding carboxylic acids is 1. The highest BCUT2D eigenvalue weighted by molar-refractivity contribution is 5.78. The van der Waals surface area contributed by atoms with Gasteiger partial charge in [-0.05, 0) is 49.4 Å². The molecule has 0 amide bonds. The zero-order valence-electron chi connectivity index (χ0n) is 15.9. The molecule has 0 aromatic heterocycles. The number of hydrogen-bond donors (Lipinski definition) is 1. The number of rotatable bonds is 4. The van der Waals surface area contributed by atoms with Crippen LogP contribution in [0.3, 0.4) is 0 Å². The second kappa shape index (κ2) is 6.52. The molecule has 9 heteroatoms. The van der Waals surface area contributed by atoms with Crippen LogP contribution in [0.15, 0.2) is 0 Å². The van der Waals surface area contributed by atoms with Gasteiger partial charge in [-0.1, -0.05) is 27.7 Å². The first-order valence-electron chi connectivity index (χ1n) is 9.05. The summed E-state index contributed by atoms with van der Waals surface area (Å²) in [5.41, 5.74) is -6.28. The molecule has 0 aliphatic heterocycles. The smallest absolute Gasteiger partial charge is 0.430 e. The molecule has 158 valence electrons. The molecule has 0 heterocycles. The van der Waals surface area contributed by atoms with Crippen molar-refractivity contribution in [2.45, 2.75) is 71.5 Å². The van der Waals surface area contributed by atoms with Crippen molar-refractivity contribution in [2.75, 3.05) is 0 Å².